The van der Waals surface area contributed by atoms with E-state index >= 15 is 0 Å². The maximum absolute atomic E-state index is 13.2. The van der Waals surface area contributed by atoms with Gasteiger partial charge in [-0.15, -0.1) is 0 Å². The molecule has 1 unspecified atom stereocenters. The molecule has 1 atom stereocenters. The van der Waals surface area contributed by atoms with Gasteiger partial charge in [0.15, 0.2) is 9.84 Å². The molecule has 19 heavy (non-hydrogen) atoms. The Hall–Kier alpha value is -0.660. The second-order valence-corrected chi connectivity index (χ2v) is 7.56. The number of sulfone groups is 1. The van der Waals surface area contributed by atoms with Crippen LogP contribution in [-0.2, 0) is 9.84 Å². The van der Waals surface area contributed by atoms with Gasteiger partial charge in [0.05, 0.1) is 16.0 Å². The number of nitrogens with one attached hydrogen (secondary N) is 1. The van der Waals surface area contributed by atoms with Crippen molar-refractivity contribution >= 4 is 25.8 Å². The minimum absolute atomic E-state index is 0.00949. The first-order valence-corrected chi connectivity index (χ1v) is 8.59. The Kier molecular flexibility index (Phi) is 4.81. The van der Waals surface area contributed by atoms with Crippen LogP contribution >= 0.6 is 15.9 Å². The van der Waals surface area contributed by atoms with Gasteiger partial charge >= 0.3 is 0 Å². The zero-order chi connectivity index (χ0) is 13.9. The highest BCUT2D eigenvalue weighted by Crippen LogP contribution is 2.20. The Labute approximate surface area is 120 Å². The summed E-state index contributed by atoms with van der Waals surface area (Å²) in [5.74, 6) is 0.539. The van der Waals surface area contributed by atoms with Crippen LogP contribution in [0.2, 0.25) is 0 Å². The van der Waals surface area contributed by atoms with Crippen LogP contribution in [0.1, 0.15) is 6.42 Å². The molecule has 0 radical (unpaired) electrons. The van der Waals surface area contributed by atoms with Gasteiger partial charge in [0.1, 0.15) is 18.2 Å². The summed E-state index contributed by atoms with van der Waals surface area (Å²) in [4.78, 5) is 0. The molecule has 2 rings (SSSR count). The maximum atomic E-state index is 13.2. The highest BCUT2D eigenvalue weighted by Gasteiger charge is 2.26. The quantitative estimate of drug-likeness (QED) is 0.821. The molecule has 1 N–H and O–H groups in total. The first-order valence-electron chi connectivity index (χ1n) is 5.98. The van der Waals surface area contributed by atoms with Crippen molar-refractivity contribution in [2.75, 3.05) is 24.7 Å². The molecular formula is C12H15BrFNO3S. The van der Waals surface area contributed by atoms with E-state index in [2.05, 4.69) is 21.2 Å². The Morgan fingerprint density at radius 1 is 1.47 bits per heavy atom. The van der Waals surface area contributed by atoms with Gasteiger partial charge in [-0.3, -0.25) is 0 Å². The molecule has 0 aromatic heterocycles. The van der Waals surface area contributed by atoms with Crippen LogP contribution in [0.5, 0.6) is 5.75 Å². The predicted molar refractivity (Wildman–Crippen MR) is 74.7 cm³/mol. The molecule has 1 aliphatic rings. The van der Waals surface area contributed by atoms with E-state index in [1.54, 1.807) is 12.1 Å². The highest BCUT2D eigenvalue weighted by atomic mass is 79.9. The van der Waals surface area contributed by atoms with E-state index in [-0.39, 0.29) is 23.4 Å². The summed E-state index contributed by atoms with van der Waals surface area (Å²) < 4.78 is 41.5. The largest absolute Gasteiger partial charge is 0.492 e. The van der Waals surface area contributed by atoms with Crippen LogP contribution in [0, 0.1) is 5.82 Å². The highest BCUT2D eigenvalue weighted by molar-refractivity contribution is 9.10. The number of halogens is 2. The Balaban J connectivity index is 1.71. The average Bonchev–Trinajstić information content (AvgIpc) is 2.69. The number of hydrogen-bond donors (Lipinski definition) is 1. The Bertz CT molecular complexity index is 550. The first kappa shape index (κ1) is 14.7. The summed E-state index contributed by atoms with van der Waals surface area (Å²) in [5, 5.41) is 3.13. The molecule has 0 aliphatic carbocycles. The minimum Gasteiger partial charge on any atom is -0.492 e. The van der Waals surface area contributed by atoms with E-state index in [1.165, 1.54) is 6.07 Å². The van der Waals surface area contributed by atoms with Crippen molar-refractivity contribution in [3.8, 4) is 5.75 Å². The van der Waals surface area contributed by atoms with Gasteiger partial charge < -0.3 is 10.1 Å². The van der Waals surface area contributed by atoms with Crippen LogP contribution in [0.4, 0.5) is 4.39 Å². The average molecular weight is 352 g/mol. The summed E-state index contributed by atoms with van der Waals surface area (Å²) in [6, 6.07) is 4.58. The smallest absolute Gasteiger partial charge is 0.151 e. The zero-order valence-electron chi connectivity index (χ0n) is 10.2. The van der Waals surface area contributed by atoms with Crippen LogP contribution in [0.15, 0.2) is 22.7 Å². The fourth-order valence-corrected chi connectivity index (χ4v) is 3.91. The topological polar surface area (TPSA) is 55.4 Å². The normalized spacial score (nSPS) is 21.5. The SMILES string of the molecule is O=S1(=O)CCC(NCCOc2ccc(Br)c(F)c2)C1. The van der Waals surface area contributed by atoms with Crippen molar-refractivity contribution in [3.05, 3.63) is 28.5 Å². The van der Waals surface area contributed by atoms with E-state index in [9.17, 15) is 12.8 Å². The number of benzene rings is 1. The zero-order valence-corrected chi connectivity index (χ0v) is 12.6. The van der Waals surface area contributed by atoms with Gasteiger partial charge in [0, 0.05) is 18.7 Å². The van der Waals surface area contributed by atoms with E-state index in [4.69, 9.17) is 4.74 Å². The molecule has 0 saturated carbocycles. The molecule has 0 spiro atoms. The summed E-state index contributed by atoms with van der Waals surface area (Å²) in [7, 11) is -2.85. The first-order chi connectivity index (χ1) is 8.96. The molecule has 4 nitrogen and oxygen atoms in total. The van der Waals surface area contributed by atoms with Crippen molar-refractivity contribution in [1.82, 2.24) is 5.32 Å². The third-order valence-electron chi connectivity index (χ3n) is 2.93. The van der Waals surface area contributed by atoms with Crippen LogP contribution in [0.25, 0.3) is 0 Å². The molecule has 1 aliphatic heterocycles. The second kappa shape index (κ2) is 6.19. The number of hydrogen-bond acceptors (Lipinski definition) is 4. The van der Waals surface area contributed by atoms with Crippen molar-refractivity contribution in [2.24, 2.45) is 0 Å². The summed E-state index contributed by atoms with van der Waals surface area (Å²) in [5.41, 5.74) is 0. The van der Waals surface area contributed by atoms with Gasteiger partial charge in [-0.2, -0.15) is 0 Å². The van der Waals surface area contributed by atoms with Crippen molar-refractivity contribution in [3.63, 3.8) is 0 Å². The van der Waals surface area contributed by atoms with E-state index in [1.807, 2.05) is 0 Å². The lowest BCUT2D eigenvalue weighted by atomic mass is 10.3. The van der Waals surface area contributed by atoms with Gasteiger partial charge in [-0.25, -0.2) is 12.8 Å². The van der Waals surface area contributed by atoms with Gasteiger partial charge in [-0.1, -0.05) is 0 Å². The fraction of sp³-hybridized carbons (Fsp3) is 0.500. The molecule has 1 fully saturated rings. The minimum atomic E-state index is -2.85. The van der Waals surface area contributed by atoms with Crippen LogP contribution in [-0.4, -0.2) is 39.1 Å². The lowest BCUT2D eigenvalue weighted by Crippen LogP contribution is -2.33. The predicted octanol–water partition coefficient (Wildman–Crippen LogP) is 1.74. The molecule has 1 saturated heterocycles. The van der Waals surface area contributed by atoms with Crippen molar-refractivity contribution in [1.29, 1.82) is 0 Å². The molecular weight excluding hydrogens is 337 g/mol. The fourth-order valence-electron chi connectivity index (χ4n) is 1.95. The number of rotatable bonds is 5. The molecule has 0 bridgehead atoms. The molecule has 1 aromatic rings. The summed E-state index contributed by atoms with van der Waals surface area (Å²) in [6.45, 7) is 0.912. The van der Waals surface area contributed by atoms with Crippen LogP contribution < -0.4 is 10.1 Å². The van der Waals surface area contributed by atoms with Crippen LogP contribution in [0.3, 0.4) is 0 Å². The van der Waals surface area contributed by atoms with Gasteiger partial charge in [0.25, 0.3) is 0 Å². The Morgan fingerprint density at radius 3 is 2.89 bits per heavy atom. The molecule has 1 aromatic carbocycles. The molecule has 1 heterocycles. The van der Waals surface area contributed by atoms with Crippen molar-refractivity contribution in [2.45, 2.75) is 12.5 Å². The van der Waals surface area contributed by atoms with Gasteiger partial charge in [0.2, 0.25) is 0 Å². The van der Waals surface area contributed by atoms with E-state index in [0.29, 0.717) is 29.8 Å². The number of ether oxygens (including phenoxy) is 1. The second-order valence-electron chi connectivity index (χ2n) is 4.48. The van der Waals surface area contributed by atoms with E-state index < -0.39 is 9.84 Å². The summed E-state index contributed by atoms with van der Waals surface area (Å²) >= 11 is 3.07. The monoisotopic (exact) mass is 351 g/mol. The third-order valence-corrected chi connectivity index (χ3v) is 5.34. The molecule has 7 heteroatoms. The van der Waals surface area contributed by atoms with E-state index in [0.717, 1.165) is 0 Å². The Morgan fingerprint density at radius 2 is 2.26 bits per heavy atom. The summed E-state index contributed by atoms with van der Waals surface area (Å²) in [6.07, 6.45) is 0.648. The lowest BCUT2D eigenvalue weighted by molar-refractivity contribution is 0.306. The molecule has 0 amide bonds. The van der Waals surface area contributed by atoms with Gasteiger partial charge in [-0.05, 0) is 34.5 Å². The van der Waals surface area contributed by atoms with Crippen molar-refractivity contribution < 1.29 is 17.5 Å². The maximum Gasteiger partial charge on any atom is 0.151 e. The third kappa shape index (κ3) is 4.43. The standard InChI is InChI=1S/C12H15BrFNO3S/c13-11-2-1-10(7-12(11)14)18-5-4-15-9-3-6-19(16,17)8-9/h1-2,7,9,15H,3-6,8H2. The molecule has 106 valence electrons. The lowest BCUT2D eigenvalue weighted by Gasteiger charge is -2.11.